The lowest BCUT2D eigenvalue weighted by Crippen LogP contribution is -1.83. The number of hydrogen-bond acceptors (Lipinski definition) is 2. The molecular formula is C7H8Cl2N2. The molecule has 0 saturated carbocycles. The SMILES string of the molecule is C1=NCc2cnccc21.Cl.Cl. The number of rotatable bonds is 0. The number of hydrogen-bond donors (Lipinski definition) is 0. The first-order chi connectivity index (χ1) is 4.47. The second kappa shape index (κ2) is 4.31. The van der Waals surface area contributed by atoms with Gasteiger partial charge in [-0.25, -0.2) is 0 Å². The van der Waals surface area contributed by atoms with Crippen LogP contribution in [0.3, 0.4) is 0 Å². The molecule has 1 aromatic rings. The van der Waals surface area contributed by atoms with E-state index >= 15 is 0 Å². The molecule has 1 aliphatic rings. The van der Waals surface area contributed by atoms with Gasteiger partial charge in [0.05, 0.1) is 6.54 Å². The maximum Gasteiger partial charge on any atom is 0.0661 e. The van der Waals surface area contributed by atoms with Gasteiger partial charge < -0.3 is 0 Å². The van der Waals surface area contributed by atoms with Crippen LogP contribution in [0.4, 0.5) is 0 Å². The maximum absolute atomic E-state index is 4.09. The normalized spacial score (nSPS) is 11.3. The molecule has 0 N–H and O–H groups in total. The smallest absolute Gasteiger partial charge is 0.0661 e. The summed E-state index contributed by atoms with van der Waals surface area (Å²) in [6, 6.07) is 1.98. The number of pyridine rings is 1. The van der Waals surface area contributed by atoms with Gasteiger partial charge in [-0.15, -0.1) is 24.8 Å². The number of aromatic nitrogens is 1. The van der Waals surface area contributed by atoms with Gasteiger partial charge in [0.25, 0.3) is 0 Å². The number of nitrogens with zero attached hydrogens (tertiary/aromatic N) is 2. The highest BCUT2D eigenvalue weighted by Gasteiger charge is 2.02. The predicted octanol–water partition coefficient (Wildman–Crippen LogP) is 1.86. The molecule has 0 unspecified atom stereocenters. The third-order valence-electron chi connectivity index (χ3n) is 1.43. The first-order valence-corrected chi connectivity index (χ1v) is 2.89. The Balaban J connectivity index is 0.000000500. The van der Waals surface area contributed by atoms with E-state index < -0.39 is 0 Å². The van der Waals surface area contributed by atoms with Gasteiger partial charge >= 0.3 is 0 Å². The van der Waals surface area contributed by atoms with Crippen molar-refractivity contribution >= 4 is 31.0 Å². The highest BCUT2D eigenvalue weighted by Crippen LogP contribution is 2.10. The summed E-state index contributed by atoms with van der Waals surface area (Å²) in [6.07, 6.45) is 5.54. The van der Waals surface area contributed by atoms with Crippen molar-refractivity contribution in [3.63, 3.8) is 0 Å². The Hall–Kier alpha value is -0.600. The molecule has 0 saturated heterocycles. The van der Waals surface area contributed by atoms with Crippen molar-refractivity contribution < 1.29 is 0 Å². The minimum atomic E-state index is 0. The second-order valence-corrected chi connectivity index (χ2v) is 2.04. The van der Waals surface area contributed by atoms with Crippen LogP contribution in [0.15, 0.2) is 23.5 Å². The molecule has 0 atom stereocenters. The van der Waals surface area contributed by atoms with Crippen LogP contribution in [0.25, 0.3) is 0 Å². The van der Waals surface area contributed by atoms with E-state index in [0.29, 0.717) is 0 Å². The summed E-state index contributed by atoms with van der Waals surface area (Å²) in [6.45, 7) is 0.809. The summed E-state index contributed by atoms with van der Waals surface area (Å²) >= 11 is 0. The molecule has 0 spiro atoms. The Bertz CT molecular complexity index is 260. The summed E-state index contributed by atoms with van der Waals surface area (Å²) in [5, 5.41) is 0. The van der Waals surface area contributed by atoms with Crippen LogP contribution in [-0.4, -0.2) is 11.2 Å². The fourth-order valence-corrected chi connectivity index (χ4v) is 0.938. The Kier molecular flexibility index (Phi) is 4.08. The van der Waals surface area contributed by atoms with Crippen molar-refractivity contribution in [1.82, 2.24) is 4.98 Å². The average Bonchev–Trinajstić information content (AvgIpc) is 2.33. The Morgan fingerprint density at radius 2 is 2.09 bits per heavy atom. The van der Waals surface area contributed by atoms with Crippen molar-refractivity contribution in [1.29, 1.82) is 0 Å². The average molecular weight is 191 g/mol. The maximum atomic E-state index is 4.09. The van der Waals surface area contributed by atoms with E-state index in [1.807, 2.05) is 18.5 Å². The lowest BCUT2D eigenvalue weighted by molar-refractivity contribution is 1.09. The Morgan fingerprint density at radius 3 is 2.82 bits per heavy atom. The van der Waals surface area contributed by atoms with E-state index in [1.54, 1.807) is 6.20 Å². The molecule has 0 amide bonds. The molecule has 11 heavy (non-hydrogen) atoms. The molecule has 2 nitrogen and oxygen atoms in total. The quantitative estimate of drug-likeness (QED) is 0.614. The first kappa shape index (κ1) is 10.4. The van der Waals surface area contributed by atoms with Gasteiger partial charge in [0, 0.05) is 29.7 Å². The molecule has 0 aromatic carbocycles. The highest BCUT2D eigenvalue weighted by molar-refractivity contribution is 5.85. The van der Waals surface area contributed by atoms with Crippen LogP contribution in [-0.2, 0) is 6.54 Å². The fraction of sp³-hybridized carbons (Fsp3) is 0.143. The van der Waals surface area contributed by atoms with Gasteiger partial charge in [0.2, 0.25) is 0 Å². The number of fused-ring (bicyclic) bond motifs is 1. The van der Waals surface area contributed by atoms with Gasteiger partial charge in [-0.1, -0.05) is 0 Å². The van der Waals surface area contributed by atoms with Gasteiger partial charge in [0.1, 0.15) is 0 Å². The zero-order valence-corrected chi connectivity index (χ0v) is 7.36. The van der Waals surface area contributed by atoms with Crippen LogP contribution in [0.2, 0.25) is 0 Å². The fourth-order valence-electron chi connectivity index (χ4n) is 0.938. The molecule has 1 aliphatic heterocycles. The van der Waals surface area contributed by atoms with Gasteiger partial charge in [-0.2, -0.15) is 0 Å². The summed E-state index contributed by atoms with van der Waals surface area (Å²) in [5.41, 5.74) is 2.45. The third-order valence-corrected chi connectivity index (χ3v) is 1.43. The minimum absolute atomic E-state index is 0. The molecule has 4 heteroatoms. The summed E-state index contributed by atoms with van der Waals surface area (Å²) in [7, 11) is 0. The molecule has 0 radical (unpaired) electrons. The van der Waals surface area contributed by atoms with E-state index in [4.69, 9.17) is 0 Å². The monoisotopic (exact) mass is 190 g/mol. The van der Waals surface area contributed by atoms with E-state index in [2.05, 4.69) is 9.98 Å². The van der Waals surface area contributed by atoms with Crippen LogP contribution < -0.4 is 0 Å². The zero-order valence-electron chi connectivity index (χ0n) is 5.73. The van der Waals surface area contributed by atoms with Gasteiger partial charge in [0.15, 0.2) is 0 Å². The second-order valence-electron chi connectivity index (χ2n) is 2.04. The third kappa shape index (κ3) is 1.91. The Morgan fingerprint density at radius 1 is 1.27 bits per heavy atom. The van der Waals surface area contributed by atoms with Crippen molar-refractivity contribution in [3.8, 4) is 0 Å². The van der Waals surface area contributed by atoms with E-state index in [1.165, 1.54) is 11.1 Å². The zero-order chi connectivity index (χ0) is 6.10. The highest BCUT2D eigenvalue weighted by atomic mass is 35.5. The number of aliphatic imine (C=N–C) groups is 1. The molecule has 0 aliphatic carbocycles. The molecule has 2 rings (SSSR count). The summed E-state index contributed by atoms with van der Waals surface area (Å²) < 4.78 is 0. The van der Waals surface area contributed by atoms with Gasteiger partial charge in [-0.05, 0) is 6.07 Å². The van der Waals surface area contributed by atoms with Crippen LogP contribution in [0.1, 0.15) is 11.1 Å². The van der Waals surface area contributed by atoms with Crippen molar-refractivity contribution in [2.24, 2.45) is 4.99 Å². The van der Waals surface area contributed by atoms with Crippen molar-refractivity contribution in [2.75, 3.05) is 0 Å². The van der Waals surface area contributed by atoms with E-state index in [0.717, 1.165) is 6.54 Å². The molecule has 1 aromatic heterocycles. The van der Waals surface area contributed by atoms with Gasteiger partial charge in [-0.3, -0.25) is 9.98 Å². The molecule has 2 heterocycles. The van der Waals surface area contributed by atoms with Crippen LogP contribution in [0.5, 0.6) is 0 Å². The largest absolute Gasteiger partial charge is 0.288 e. The lowest BCUT2D eigenvalue weighted by atomic mass is 10.2. The van der Waals surface area contributed by atoms with Crippen LogP contribution >= 0.6 is 24.8 Å². The molecule has 0 fully saturated rings. The topological polar surface area (TPSA) is 25.2 Å². The first-order valence-electron chi connectivity index (χ1n) is 2.89. The van der Waals surface area contributed by atoms with Crippen LogP contribution in [0, 0.1) is 0 Å². The molecule has 60 valence electrons. The standard InChI is InChI=1S/C7H6N2.2ClH/c1-2-8-4-7-5-9-3-6(1)7;;/h1-4H,5H2;2*1H. The summed E-state index contributed by atoms with van der Waals surface area (Å²) in [5.74, 6) is 0. The summed E-state index contributed by atoms with van der Waals surface area (Å²) in [4.78, 5) is 8.06. The van der Waals surface area contributed by atoms with E-state index in [9.17, 15) is 0 Å². The minimum Gasteiger partial charge on any atom is -0.288 e. The molecule has 0 bridgehead atoms. The van der Waals surface area contributed by atoms with Crippen molar-refractivity contribution in [2.45, 2.75) is 6.54 Å². The number of halogens is 2. The van der Waals surface area contributed by atoms with Crippen molar-refractivity contribution in [3.05, 3.63) is 29.6 Å². The van der Waals surface area contributed by atoms with E-state index in [-0.39, 0.29) is 24.8 Å². The molecular weight excluding hydrogens is 183 g/mol. The Labute approximate surface area is 77.6 Å². The lowest BCUT2D eigenvalue weighted by Gasteiger charge is -1.90. The predicted molar refractivity (Wildman–Crippen MR) is 50.0 cm³/mol.